The van der Waals surface area contributed by atoms with E-state index in [0.717, 1.165) is 17.1 Å². The first-order valence-electron chi connectivity index (χ1n) is 4.12. The largest absolute Gasteiger partial charge is 0.503 e. The lowest BCUT2D eigenvalue weighted by molar-refractivity contribution is 0.137. The van der Waals surface area contributed by atoms with Crippen LogP contribution in [0.25, 0.3) is 0 Å². The lowest BCUT2D eigenvalue weighted by Gasteiger charge is -2.08. The predicted molar refractivity (Wildman–Crippen MR) is 54.9 cm³/mol. The zero-order valence-corrected chi connectivity index (χ0v) is 8.85. The molecule has 0 bridgehead atoms. The molecular formula is C10H14O5. The molecule has 0 amide bonds. The summed E-state index contributed by atoms with van der Waals surface area (Å²) in [4.78, 5) is 8.56. The molecule has 0 saturated carbocycles. The second-order valence-corrected chi connectivity index (χ2v) is 2.59. The Morgan fingerprint density at radius 2 is 1.73 bits per heavy atom. The number of carbonyl (C=O) groups is 1. The SMILES string of the molecule is COc1cccc(C)c1OC.O=C(O)O. The second kappa shape index (κ2) is 6.53. The molecule has 0 atom stereocenters. The molecule has 0 heterocycles. The van der Waals surface area contributed by atoms with Gasteiger partial charge in [0.2, 0.25) is 0 Å². The van der Waals surface area contributed by atoms with E-state index in [2.05, 4.69) is 0 Å². The Labute approximate surface area is 87.9 Å². The molecule has 0 saturated heterocycles. The third-order valence-corrected chi connectivity index (χ3v) is 1.60. The number of ether oxygens (including phenoxy) is 2. The van der Waals surface area contributed by atoms with E-state index >= 15 is 0 Å². The molecule has 0 aromatic heterocycles. The summed E-state index contributed by atoms with van der Waals surface area (Å²) in [6.07, 6.45) is -1.83. The van der Waals surface area contributed by atoms with Gasteiger partial charge in [-0.05, 0) is 18.6 Å². The summed E-state index contributed by atoms with van der Waals surface area (Å²) in [5.74, 6) is 1.60. The quantitative estimate of drug-likeness (QED) is 0.789. The van der Waals surface area contributed by atoms with E-state index in [1.54, 1.807) is 14.2 Å². The monoisotopic (exact) mass is 214 g/mol. The first kappa shape index (κ1) is 13.1. The third kappa shape index (κ3) is 4.75. The Morgan fingerprint density at radius 1 is 1.20 bits per heavy atom. The third-order valence-electron chi connectivity index (χ3n) is 1.60. The van der Waals surface area contributed by atoms with Crippen LogP contribution in [0.4, 0.5) is 4.79 Å². The molecule has 1 aromatic rings. The second-order valence-electron chi connectivity index (χ2n) is 2.59. The zero-order valence-electron chi connectivity index (χ0n) is 8.85. The average molecular weight is 214 g/mol. The highest BCUT2D eigenvalue weighted by atomic mass is 16.6. The topological polar surface area (TPSA) is 76.0 Å². The van der Waals surface area contributed by atoms with E-state index in [9.17, 15) is 0 Å². The Morgan fingerprint density at radius 3 is 2.07 bits per heavy atom. The fourth-order valence-electron chi connectivity index (χ4n) is 1.05. The van der Waals surface area contributed by atoms with Gasteiger partial charge in [0.05, 0.1) is 14.2 Å². The van der Waals surface area contributed by atoms with Gasteiger partial charge < -0.3 is 19.7 Å². The number of hydrogen-bond acceptors (Lipinski definition) is 3. The summed E-state index contributed by atoms with van der Waals surface area (Å²) in [5.41, 5.74) is 1.09. The van der Waals surface area contributed by atoms with Gasteiger partial charge >= 0.3 is 6.16 Å². The molecule has 2 N–H and O–H groups in total. The number of rotatable bonds is 2. The molecule has 1 rings (SSSR count). The zero-order chi connectivity index (χ0) is 11.8. The first-order chi connectivity index (χ1) is 7.02. The summed E-state index contributed by atoms with van der Waals surface area (Å²) in [5, 5.41) is 13.9. The maximum atomic E-state index is 8.56. The summed E-state index contributed by atoms with van der Waals surface area (Å²) in [6.45, 7) is 1.99. The van der Waals surface area contributed by atoms with E-state index in [1.165, 1.54) is 0 Å². The molecule has 0 fully saturated rings. The molecule has 1 aromatic carbocycles. The van der Waals surface area contributed by atoms with Crippen molar-refractivity contribution >= 4 is 6.16 Å². The van der Waals surface area contributed by atoms with Crippen LogP contribution in [0.5, 0.6) is 11.5 Å². The van der Waals surface area contributed by atoms with Crippen LogP contribution in [-0.2, 0) is 0 Å². The van der Waals surface area contributed by atoms with Gasteiger partial charge in [-0.2, -0.15) is 0 Å². The molecule has 15 heavy (non-hydrogen) atoms. The van der Waals surface area contributed by atoms with Crippen molar-refractivity contribution in [3.8, 4) is 11.5 Å². The molecule has 0 aliphatic heterocycles. The van der Waals surface area contributed by atoms with Gasteiger partial charge in [-0.1, -0.05) is 12.1 Å². The number of aryl methyl sites for hydroxylation is 1. The Balaban J connectivity index is 0.000000423. The summed E-state index contributed by atoms with van der Waals surface area (Å²) < 4.78 is 10.2. The van der Waals surface area contributed by atoms with Gasteiger partial charge in [0, 0.05) is 0 Å². The van der Waals surface area contributed by atoms with Gasteiger partial charge in [-0.25, -0.2) is 4.79 Å². The predicted octanol–water partition coefficient (Wildman–Crippen LogP) is 2.23. The number of carboxylic acid groups (broad SMARTS) is 2. The van der Waals surface area contributed by atoms with Crippen LogP contribution in [0.15, 0.2) is 18.2 Å². The van der Waals surface area contributed by atoms with Crippen molar-refractivity contribution in [2.24, 2.45) is 0 Å². The number of para-hydroxylation sites is 1. The van der Waals surface area contributed by atoms with E-state index in [0.29, 0.717) is 0 Å². The molecule has 84 valence electrons. The molecule has 0 aliphatic carbocycles. The Kier molecular flexibility index (Phi) is 5.70. The first-order valence-corrected chi connectivity index (χ1v) is 4.12. The van der Waals surface area contributed by atoms with Gasteiger partial charge in [0.1, 0.15) is 0 Å². The minimum absolute atomic E-state index is 0.785. The van der Waals surface area contributed by atoms with Crippen LogP contribution in [-0.4, -0.2) is 30.6 Å². The van der Waals surface area contributed by atoms with Crippen molar-refractivity contribution in [1.29, 1.82) is 0 Å². The van der Waals surface area contributed by atoms with Crippen molar-refractivity contribution in [1.82, 2.24) is 0 Å². The van der Waals surface area contributed by atoms with E-state index in [4.69, 9.17) is 24.5 Å². The van der Waals surface area contributed by atoms with Crippen LogP contribution in [0.3, 0.4) is 0 Å². The standard InChI is InChI=1S/C9H12O2.CH2O3/c1-7-5-4-6-8(10-2)9(7)11-3;2-1(3)4/h4-6H,1-3H3;(H2,2,3,4). The minimum Gasteiger partial charge on any atom is -0.493 e. The summed E-state index contributed by atoms with van der Waals surface area (Å²) in [6, 6.07) is 5.81. The molecule has 0 aliphatic rings. The summed E-state index contributed by atoms with van der Waals surface area (Å²) in [7, 11) is 3.28. The molecule has 0 radical (unpaired) electrons. The fraction of sp³-hybridized carbons (Fsp3) is 0.300. The van der Waals surface area contributed by atoms with Gasteiger partial charge in [-0.3, -0.25) is 0 Å². The molecule has 0 unspecified atom stereocenters. The highest BCUT2D eigenvalue weighted by Crippen LogP contribution is 2.29. The number of benzene rings is 1. The van der Waals surface area contributed by atoms with Crippen LogP contribution in [0.2, 0.25) is 0 Å². The minimum atomic E-state index is -1.83. The molecule has 5 nitrogen and oxygen atoms in total. The van der Waals surface area contributed by atoms with Crippen molar-refractivity contribution in [3.05, 3.63) is 23.8 Å². The van der Waals surface area contributed by atoms with Gasteiger partial charge in [-0.15, -0.1) is 0 Å². The van der Waals surface area contributed by atoms with Crippen LogP contribution in [0, 0.1) is 6.92 Å². The smallest absolute Gasteiger partial charge is 0.493 e. The Bertz CT molecular complexity index is 318. The van der Waals surface area contributed by atoms with E-state index < -0.39 is 6.16 Å². The maximum absolute atomic E-state index is 8.56. The van der Waals surface area contributed by atoms with E-state index in [-0.39, 0.29) is 0 Å². The maximum Gasteiger partial charge on any atom is 0.503 e. The fourth-order valence-corrected chi connectivity index (χ4v) is 1.05. The average Bonchev–Trinajstić information content (AvgIpc) is 2.16. The molecule has 0 spiro atoms. The van der Waals surface area contributed by atoms with Crippen LogP contribution < -0.4 is 9.47 Å². The molecule has 5 heteroatoms. The van der Waals surface area contributed by atoms with Gasteiger partial charge in [0.25, 0.3) is 0 Å². The van der Waals surface area contributed by atoms with Crippen LogP contribution >= 0.6 is 0 Å². The van der Waals surface area contributed by atoms with Crippen molar-refractivity contribution in [2.75, 3.05) is 14.2 Å². The van der Waals surface area contributed by atoms with Crippen molar-refractivity contribution in [2.45, 2.75) is 6.92 Å². The van der Waals surface area contributed by atoms with E-state index in [1.807, 2.05) is 25.1 Å². The highest BCUT2D eigenvalue weighted by molar-refractivity contribution is 5.53. The summed E-state index contributed by atoms with van der Waals surface area (Å²) >= 11 is 0. The lowest BCUT2D eigenvalue weighted by atomic mass is 10.2. The number of hydrogen-bond donors (Lipinski definition) is 2. The van der Waals surface area contributed by atoms with Crippen LogP contribution in [0.1, 0.15) is 5.56 Å². The van der Waals surface area contributed by atoms with Gasteiger partial charge in [0.15, 0.2) is 11.5 Å². The van der Waals surface area contributed by atoms with Crippen molar-refractivity contribution < 1.29 is 24.5 Å². The highest BCUT2D eigenvalue weighted by Gasteiger charge is 2.03. The Hall–Kier alpha value is -1.91. The van der Waals surface area contributed by atoms with Crippen molar-refractivity contribution in [3.63, 3.8) is 0 Å². The normalized spacial score (nSPS) is 8.47. The lowest BCUT2D eigenvalue weighted by Crippen LogP contribution is -1.91. The number of methoxy groups -OCH3 is 2. The molecular weight excluding hydrogens is 200 g/mol.